The number of aromatic amines is 1. The van der Waals surface area contributed by atoms with E-state index in [0.717, 1.165) is 0 Å². The average molecular weight is 450 g/mol. The second kappa shape index (κ2) is 8.35. The molecule has 1 amide bonds. The van der Waals surface area contributed by atoms with Crippen LogP contribution >= 0.6 is 11.6 Å². The summed E-state index contributed by atoms with van der Waals surface area (Å²) in [5.74, 6) is -0.572. The Morgan fingerprint density at radius 1 is 1.31 bits per heavy atom. The van der Waals surface area contributed by atoms with Crippen LogP contribution in [-0.4, -0.2) is 47.5 Å². The van der Waals surface area contributed by atoms with Crippen LogP contribution in [0.3, 0.4) is 0 Å². The maximum absolute atomic E-state index is 12.9. The second-order valence-corrected chi connectivity index (χ2v) is 9.68. The number of aromatic nitrogens is 2. The van der Waals surface area contributed by atoms with Gasteiger partial charge < -0.3 is 4.90 Å². The highest BCUT2D eigenvalue weighted by molar-refractivity contribution is 7.91. The standard InChI is InChI=1S/C18H19ClF3N3O3S/c19-14-4-2-1-3-13(14)10-25(7-5-12-6-8-29(27,28)11-12)17(26)15-9-16(24-23-15)18(20,21)22/h1-4,9,12H,5-8,10-11H2,(H,23,24). The first-order valence-electron chi connectivity index (χ1n) is 8.91. The lowest BCUT2D eigenvalue weighted by molar-refractivity contribution is -0.141. The molecule has 1 aliphatic heterocycles. The van der Waals surface area contributed by atoms with Gasteiger partial charge in [-0.05, 0) is 30.4 Å². The van der Waals surface area contributed by atoms with Crippen LogP contribution in [0.1, 0.15) is 34.6 Å². The van der Waals surface area contributed by atoms with Gasteiger partial charge in [-0.25, -0.2) is 8.42 Å². The third-order valence-corrected chi connectivity index (χ3v) is 7.04. The lowest BCUT2D eigenvalue weighted by atomic mass is 10.0. The highest BCUT2D eigenvalue weighted by Crippen LogP contribution is 2.28. The van der Waals surface area contributed by atoms with Gasteiger partial charge in [0.15, 0.2) is 15.5 Å². The molecule has 0 aliphatic carbocycles. The number of carbonyl (C=O) groups excluding carboxylic acids is 1. The Bertz CT molecular complexity index is 991. The molecule has 1 aromatic carbocycles. The van der Waals surface area contributed by atoms with Gasteiger partial charge in [-0.2, -0.15) is 18.3 Å². The topological polar surface area (TPSA) is 83.1 Å². The van der Waals surface area contributed by atoms with Crippen molar-refractivity contribution in [3.63, 3.8) is 0 Å². The quantitative estimate of drug-likeness (QED) is 0.731. The van der Waals surface area contributed by atoms with E-state index in [1.54, 1.807) is 24.3 Å². The van der Waals surface area contributed by atoms with Gasteiger partial charge in [0.2, 0.25) is 0 Å². The summed E-state index contributed by atoms with van der Waals surface area (Å²) in [5, 5.41) is 5.74. The molecule has 6 nitrogen and oxygen atoms in total. The summed E-state index contributed by atoms with van der Waals surface area (Å²) < 4.78 is 61.7. The van der Waals surface area contributed by atoms with Gasteiger partial charge in [0.25, 0.3) is 5.91 Å². The number of sulfone groups is 1. The van der Waals surface area contributed by atoms with E-state index < -0.39 is 27.6 Å². The molecule has 1 fully saturated rings. The Balaban J connectivity index is 1.79. The van der Waals surface area contributed by atoms with Crippen molar-refractivity contribution in [2.24, 2.45) is 5.92 Å². The maximum atomic E-state index is 12.9. The molecule has 158 valence electrons. The van der Waals surface area contributed by atoms with Crippen molar-refractivity contribution in [1.82, 2.24) is 15.1 Å². The molecular formula is C18H19ClF3N3O3S. The first-order chi connectivity index (χ1) is 13.5. The van der Waals surface area contributed by atoms with E-state index in [1.807, 2.05) is 0 Å². The summed E-state index contributed by atoms with van der Waals surface area (Å²) in [6.45, 7) is 0.267. The molecule has 2 heterocycles. The number of hydrogen-bond acceptors (Lipinski definition) is 4. The maximum Gasteiger partial charge on any atom is 0.435 e. The van der Waals surface area contributed by atoms with Crippen LogP contribution in [0.15, 0.2) is 30.3 Å². The van der Waals surface area contributed by atoms with Gasteiger partial charge in [-0.15, -0.1) is 0 Å². The molecule has 0 bridgehead atoms. The fourth-order valence-electron chi connectivity index (χ4n) is 3.27. The van der Waals surface area contributed by atoms with E-state index in [4.69, 9.17) is 11.6 Å². The second-order valence-electron chi connectivity index (χ2n) is 7.04. The van der Waals surface area contributed by atoms with Crippen LogP contribution in [0, 0.1) is 5.92 Å². The highest BCUT2D eigenvalue weighted by Gasteiger charge is 2.35. The van der Waals surface area contributed by atoms with Crippen LogP contribution in [0.25, 0.3) is 0 Å². The smallest absolute Gasteiger partial charge is 0.333 e. The SMILES string of the molecule is O=C(c1cc(C(F)(F)F)n[nH]1)N(CCC1CCS(=O)(=O)C1)Cc1ccccc1Cl. The highest BCUT2D eigenvalue weighted by atomic mass is 35.5. The van der Waals surface area contributed by atoms with Gasteiger partial charge in [0, 0.05) is 24.2 Å². The molecule has 1 aromatic heterocycles. The third-order valence-electron chi connectivity index (χ3n) is 4.84. The Kier molecular flexibility index (Phi) is 6.23. The van der Waals surface area contributed by atoms with Crippen molar-refractivity contribution in [2.75, 3.05) is 18.1 Å². The zero-order chi connectivity index (χ0) is 21.2. The molecule has 0 saturated carbocycles. The molecule has 1 saturated heterocycles. The molecule has 1 N–H and O–H groups in total. The fraction of sp³-hybridized carbons (Fsp3) is 0.444. The molecule has 1 atom stereocenters. The summed E-state index contributed by atoms with van der Waals surface area (Å²) in [7, 11) is -3.06. The molecule has 1 unspecified atom stereocenters. The minimum absolute atomic E-state index is 0.0589. The van der Waals surface area contributed by atoms with Crippen molar-refractivity contribution < 1.29 is 26.4 Å². The van der Waals surface area contributed by atoms with Crippen molar-refractivity contribution in [2.45, 2.75) is 25.6 Å². The van der Waals surface area contributed by atoms with Crippen LogP contribution in [0.5, 0.6) is 0 Å². The number of nitrogens with one attached hydrogen (secondary N) is 1. The molecule has 2 aromatic rings. The predicted molar refractivity (Wildman–Crippen MR) is 101 cm³/mol. The van der Waals surface area contributed by atoms with Crippen LogP contribution < -0.4 is 0 Å². The Hall–Kier alpha value is -2.07. The molecule has 3 rings (SSSR count). The monoisotopic (exact) mass is 449 g/mol. The van der Waals surface area contributed by atoms with Gasteiger partial charge in [0.05, 0.1) is 11.5 Å². The number of alkyl halides is 3. The minimum Gasteiger partial charge on any atom is -0.333 e. The van der Waals surface area contributed by atoms with E-state index >= 15 is 0 Å². The van der Waals surface area contributed by atoms with Gasteiger partial charge in [0.1, 0.15) is 5.69 Å². The normalized spacial score (nSPS) is 18.7. The zero-order valence-corrected chi connectivity index (χ0v) is 16.8. The molecule has 0 radical (unpaired) electrons. The Labute approximate surface area is 171 Å². The molecule has 11 heteroatoms. The Morgan fingerprint density at radius 2 is 2.03 bits per heavy atom. The Morgan fingerprint density at radius 3 is 2.62 bits per heavy atom. The number of rotatable bonds is 6. The summed E-state index contributed by atoms with van der Waals surface area (Å²) in [6.07, 6.45) is -3.73. The predicted octanol–water partition coefficient (Wildman–Crippen LogP) is 3.55. The molecule has 0 spiro atoms. The van der Waals surface area contributed by atoms with Gasteiger partial charge in [-0.3, -0.25) is 9.89 Å². The van der Waals surface area contributed by atoms with Gasteiger partial charge >= 0.3 is 6.18 Å². The van der Waals surface area contributed by atoms with Crippen molar-refractivity contribution in [1.29, 1.82) is 0 Å². The molecular weight excluding hydrogens is 431 g/mol. The van der Waals surface area contributed by atoms with Gasteiger partial charge in [-0.1, -0.05) is 29.8 Å². The minimum atomic E-state index is -4.67. The largest absolute Gasteiger partial charge is 0.435 e. The summed E-state index contributed by atoms with van der Waals surface area (Å²) in [6, 6.07) is 7.51. The van der Waals surface area contributed by atoms with E-state index in [1.165, 1.54) is 4.90 Å². The lowest BCUT2D eigenvalue weighted by Crippen LogP contribution is -2.33. The number of halogens is 4. The zero-order valence-electron chi connectivity index (χ0n) is 15.2. The number of H-pyrrole nitrogens is 1. The van der Waals surface area contributed by atoms with E-state index in [2.05, 4.69) is 10.2 Å². The van der Waals surface area contributed by atoms with E-state index in [9.17, 15) is 26.4 Å². The average Bonchev–Trinajstić information content (AvgIpc) is 3.26. The summed E-state index contributed by atoms with van der Waals surface area (Å²) in [5.41, 5.74) is -0.832. The molecule has 29 heavy (non-hydrogen) atoms. The van der Waals surface area contributed by atoms with Crippen molar-refractivity contribution in [3.05, 3.63) is 52.3 Å². The number of amides is 1. The van der Waals surface area contributed by atoms with Crippen molar-refractivity contribution in [3.8, 4) is 0 Å². The van der Waals surface area contributed by atoms with Crippen LogP contribution in [-0.2, 0) is 22.6 Å². The van der Waals surface area contributed by atoms with E-state index in [-0.39, 0.29) is 36.2 Å². The number of benzene rings is 1. The van der Waals surface area contributed by atoms with Crippen LogP contribution in [0.4, 0.5) is 13.2 Å². The van der Waals surface area contributed by atoms with E-state index in [0.29, 0.717) is 29.5 Å². The fourth-order valence-corrected chi connectivity index (χ4v) is 5.38. The molecule has 1 aliphatic rings. The lowest BCUT2D eigenvalue weighted by Gasteiger charge is -2.24. The number of carbonyl (C=O) groups is 1. The third kappa shape index (κ3) is 5.51. The number of hydrogen-bond donors (Lipinski definition) is 1. The van der Waals surface area contributed by atoms with Crippen molar-refractivity contribution >= 4 is 27.3 Å². The number of nitrogens with zero attached hydrogens (tertiary/aromatic N) is 2. The summed E-state index contributed by atoms with van der Waals surface area (Å²) >= 11 is 6.16. The first-order valence-corrected chi connectivity index (χ1v) is 11.1. The first kappa shape index (κ1) is 21.6. The summed E-state index contributed by atoms with van der Waals surface area (Å²) in [4.78, 5) is 14.2. The van der Waals surface area contributed by atoms with Crippen LogP contribution in [0.2, 0.25) is 5.02 Å².